The quantitative estimate of drug-likeness (QED) is 0.501. The lowest BCUT2D eigenvalue weighted by Gasteiger charge is -1.89. The maximum Gasteiger partial charge on any atom is 0.356 e. The molecule has 10 heteroatoms. The Bertz CT molecular complexity index is 172. The molecule has 0 aliphatic carbocycles. The molecule has 6 nitrogen and oxygen atoms in total. The van der Waals surface area contributed by atoms with E-state index in [1.165, 1.54) is 0 Å². The molecule has 0 aromatic heterocycles. The molecule has 0 radical (unpaired) electrons. The second-order valence-electron chi connectivity index (χ2n) is 1.57. The maximum absolute atomic E-state index is 10.7. The van der Waals surface area contributed by atoms with Crippen molar-refractivity contribution < 1.29 is 37.5 Å². The van der Waals surface area contributed by atoms with E-state index in [0.29, 0.717) is 0 Å². The standard InChI is InChI=1S/2CH4FO3P/c2*2-1-6(3,4)5/h2*1H2,(H2,3,4,5). The lowest BCUT2D eigenvalue weighted by molar-refractivity contribution is 0.346. The topological polar surface area (TPSA) is 115 Å². The molecule has 0 heterocycles. The molecular weight excluding hydrogens is 220 g/mol. The van der Waals surface area contributed by atoms with Crippen LogP contribution in [0.2, 0.25) is 0 Å². The summed E-state index contributed by atoms with van der Waals surface area (Å²) in [6.45, 7) is 0. The number of alkyl halides is 2. The van der Waals surface area contributed by atoms with E-state index in [4.69, 9.17) is 19.6 Å². The molecule has 0 fully saturated rings. The van der Waals surface area contributed by atoms with Crippen LogP contribution < -0.4 is 0 Å². The third kappa shape index (κ3) is 22.5. The Morgan fingerprint density at radius 3 is 0.917 bits per heavy atom. The summed E-state index contributed by atoms with van der Waals surface area (Å²) >= 11 is 0. The van der Waals surface area contributed by atoms with Crippen LogP contribution in [0.25, 0.3) is 0 Å². The molecule has 0 atom stereocenters. The number of halogens is 2. The van der Waals surface area contributed by atoms with Gasteiger partial charge >= 0.3 is 15.2 Å². The molecule has 0 unspecified atom stereocenters. The van der Waals surface area contributed by atoms with E-state index in [1.54, 1.807) is 0 Å². The minimum absolute atomic E-state index is 1.56. The SMILES string of the molecule is O=P(O)(O)CF.O=P(O)(O)CF. The highest BCUT2D eigenvalue weighted by molar-refractivity contribution is 7.51. The van der Waals surface area contributed by atoms with Crippen molar-refractivity contribution in [2.24, 2.45) is 0 Å². The molecule has 0 aliphatic heterocycles. The number of rotatable bonds is 2. The van der Waals surface area contributed by atoms with Crippen molar-refractivity contribution in [3.05, 3.63) is 0 Å². The molecule has 0 rings (SSSR count). The molecule has 0 saturated carbocycles. The summed E-state index contributed by atoms with van der Waals surface area (Å²) in [6, 6.07) is 0. The Morgan fingerprint density at radius 2 is 0.917 bits per heavy atom. The van der Waals surface area contributed by atoms with Crippen LogP contribution in [0.5, 0.6) is 0 Å². The van der Waals surface area contributed by atoms with Gasteiger partial charge in [0.15, 0.2) is 12.8 Å². The highest BCUT2D eigenvalue weighted by Gasteiger charge is 2.09. The summed E-state index contributed by atoms with van der Waals surface area (Å²) in [6.07, 6.45) is -3.12. The molecule has 0 spiro atoms. The van der Waals surface area contributed by atoms with Gasteiger partial charge in [-0.15, -0.1) is 0 Å². The van der Waals surface area contributed by atoms with E-state index < -0.39 is 28.0 Å². The van der Waals surface area contributed by atoms with Crippen molar-refractivity contribution in [2.75, 3.05) is 12.8 Å². The monoisotopic (exact) mass is 228 g/mol. The summed E-state index contributed by atoms with van der Waals surface area (Å²) in [5.41, 5.74) is 0. The van der Waals surface area contributed by atoms with E-state index in [0.717, 1.165) is 0 Å². The largest absolute Gasteiger partial charge is 0.356 e. The van der Waals surface area contributed by atoms with Crippen LogP contribution in [-0.4, -0.2) is 32.4 Å². The van der Waals surface area contributed by atoms with Crippen LogP contribution in [0.3, 0.4) is 0 Å². The summed E-state index contributed by atoms with van der Waals surface area (Å²) in [5.74, 6) is 0. The maximum atomic E-state index is 10.7. The minimum atomic E-state index is -4.31. The minimum Gasteiger partial charge on any atom is -0.323 e. The molecule has 12 heavy (non-hydrogen) atoms. The lowest BCUT2D eigenvalue weighted by Crippen LogP contribution is -1.74. The molecule has 0 saturated heterocycles. The van der Waals surface area contributed by atoms with Gasteiger partial charge in [-0.25, -0.2) is 8.78 Å². The van der Waals surface area contributed by atoms with Crippen LogP contribution in [0.15, 0.2) is 0 Å². The fourth-order valence-electron chi connectivity index (χ4n) is 0. The van der Waals surface area contributed by atoms with Crippen molar-refractivity contribution in [3.63, 3.8) is 0 Å². The van der Waals surface area contributed by atoms with Gasteiger partial charge in [-0.1, -0.05) is 0 Å². The first-order chi connectivity index (χ1) is 5.12. The molecule has 0 amide bonds. The molecule has 76 valence electrons. The highest BCUT2D eigenvalue weighted by Crippen LogP contribution is 2.33. The Hall–Kier alpha value is 0.160. The Balaban J connectivity index is 0. The Morgan fingerprint density at radius 1 is 0.833 bits per heavy atom. The smallest absolute Gasteiger partial charge is 0.323 e. The molecule has 0 aromatic rings. The third-order valence-corrected chi connectivity index (χ3v) is 0.934. The zero-order chi connectivity index (χ0) is 10.4. The van der Waals surface area contributed by atoms with Gasteiger partial charge in [0.05, 0.1) is 0 Å². The second kappa shape index (κ2) is 5.75. The van der Waals surface area contributed by atoms with Gasteiger partial charge < -0.3 is 19.6 Å². The molecular formula is C2H8F2O6P2. The van der Waals surface area contributed by atoms with E-state index in [1.807, 2.05) is 0 Å². The first kappa shape index (κ1) is 14.7. The van der Waals surface area contributed by atoms with Crippen molar-refractivity contribution in [2.45, 2.75) is 0 Å². The summed E-state index contributed by atoms with van der Waals surface area (Å²) in [4.78, 5) is 30.2. The van der Waals surface area contributed by atoms with E-state index >= 15 is 0 Å². The zero-order valence-corrected chi connectivity index (χ0v) is 7.46. The summed E-state index contributed by atoms with van der Waals surface area (Å²) < 4.78 is 40.1. The van der Waals surface area contributed by atoms with Crippen molar-refractivity contribution in [1.82, 2.24) is 0 Å². The van der Waals surface area contributed by atoms with Crippen LogP contribution in [0.1, 0.15) is 0 Å². The number of hydrogen-bond acceptors (Lipinski definition) is 2. The Kier molecular flexibility index (Phi) is 7.02. The van der Waals surface area contributed by atoms with Crippen molar-refractivity contribution in [3.8, 4) is 0 Å². The second-order valence-corrected chi connectivity index (χ2v) is 4.71. The van der Waals surface area contributed by atoms with Gasteiger partial charge in [-0.2, -0.15) is 0 Å². The van der Waals surface area contributed by atoms with Crippen LogP contribution in [-0.2, 0) is 9.13 Å². The lowest BCUT2D eigenvalue weighted by atomic mass is 11.8. The predicted molar refractivity (Wildman–Crippen MR) is 36.0 cm³/mol. The van der Waals surface area contributed by atoms with Gasteiger partial charge in [0, 0.05) is 0 Å². The van der Waals surface area contributed by atoms with Gasteiger partial charge in [0.2, 0.25) is 0 Å². The molecule has 0 aliphatic rings. The fraction of sp³-hybridized carbons (Fsp3) is 1.00. The third-order valence-electron chi connectivity index (χ3n) is 0.311. The van der Waals surface area contributed by atoms with Crippen molar-refractivity contribution >= 4 is 15.2 Å². The van der Waals surface area contributed by atoms with Crippen LogP contribution in [0, 0.1) is 0 Å². The van der Waals surface area contributed by atoms with Gasteiger partial charge in [0.25, 0.3) is 0 Å². The molecule has 4 N–H and O–H groups in total. The van der Waals surface area contributed by atoms with Gasteiger partial charge in [-0.3, -0.25) is 9.13 Å². The van der Waals surface area contributed by atoms with Crippen LogP contribution in [0.4, 0.5) is 8.78 Å². The fourth-order valence-corrected chi connectivity index (χ4v) is 0. The summed E-state index contributed by atoms with van der Waals surface area (Å²) in [5, 5.41) is 0. The van der Waals surface area contributed by atoms with E-state index in [-0.39, 0.29) is 0 Å². The van der Waals surface area contributed by atoms with Gasteiger partial charge in [0.1, 0.15) is 0 Å². The Labute approximate surface area is 66.5 Å². The van der Waals surface area contributed by atoms with E-state index in [9.17, 15) is 17.9 Å². The first-order valence-corrected chi connectivity index (χ1v) is 5.93. The zero-order valence-electron chi connectivity index (χ0n) is 5.67. The summed E-state index contributed by atoms with van der Waals surface area (Å²) in [7, 11) is -8.63. The predicted octanol–water partition coefficient (Wildman–Crippen LogP) is 0.182. The normalized spacial score (nSPS) is 11.8. The highest BCUT2D eigenvalue weighted by atomic mass is 31.2. The number of hydrogen-bond donors (Lipinski definition) is 4. The average Bonchev–Trinajstić information content (AvgIpc) is 1.86. The van der Waals surface area contributed by atoms with Crippen LogP contribution >= 0.6 is 15.2 Å². The average molecular weight is 228 g/mol. The van der Waals surface area contributed by atoms with Crippen molar-refractivity contribution in [1.29, 1.82) is 0 Å². The van der Waals surface area contributed by atoms with Gasteiger partial charge in [-0.05, 0) is 0 Å². The van der Waals surface area contributed by atoms with E-state index in [2.05, 4.69) is 0 Å². The molecule has 0 bridgehead atoms. The first-order valence-electron chi connectivity index (χ1n) is 2.33. The molecule has 0 aromatic carbocycles.